The van der Waals surface area contributed by atoms with Gasteiger partial charge in [0, 0.05) is 13.1 Å². The van der Waals surface area contributed by atoms with Crippen LogP contribution in [-0.2, 0) is 7.05 Å². The number of aromatic nitrogens is 2. The number of nitrogen functional groups attached to an aromatic ring is 1. The van der Waals surface area contributed by atoms with Gasteiger partial charge in [-0.05, 0) is 6.92 Å². The molecule has 0 fully saturated rings. The van der Waals surface area contributed by atoms with E-state index in [1.165, 1.54) is 0 Å². The lowest BCUT2D eigenvalue weighted by Crippen LogP contribution is -1.96. The zero-order valence-corrected chi connectivity index (χ0v) is 7.05. The van der Waals surface area contributed by atoms with Gasteiger partial charge >= 0.3 is 0 Å². The van der Waals surface area contributed by atoms with Crippen LogP contribution < -0.4 is 5.73 Å². The molecule has 3 heteroatoms. The van der Waals surface area contributed by atoms with Gasteiger partial charge in [-0.15, -0.1) is 0 Å². The molecule has 3 nitrogen and oxygen atoms in total. The van der Waals surface area contributed by atoms with Crippen molar-refractivity contribution in [2.45, 2.75) is 20.8 Å². The Labute approximate surface area is 61.8 Å². The summed E-state index contributed by atoms with van der Waals surface area (Å²) in [4.78, 5) is 0. The molecule has 0 radical (unpaired) electrons. The minimum absolute atomic E-state index is 0.711. The van der Waals surface area contributed by atoms with Crippen LogP contribution >= 0.6 is 0 Å². The Kier molecular flexibility index (Phi) is 3.54. The van der Waals surface area contributed by atoms with E-state index in [1.54, 1.807) is 4.68 Å². The number of hydrogen-bond acceptors (Lipinski definition) is 2. The van der Waals surface area contributed by atoms with Gasteiger partial charge < -0.3 is 5.73 Å². The highest BCUT2D eigenvalue weighted by molar-refractivity contribution is 5.29. The summed E-state index contributed by atoms with van der Waals surface area (Å²) in [6.07, 6.45) is 0. The fourth-order valence-corrected chi connectivity index (χ4v) is 0.631. The summed E-state index contributed by atoms with van der Waals surface area (Å²) in [5, 5.41) is 4.00. The maximum absolute atomic E-state index is 5.44. The molecule has 58 valence electrons. The second kappa shape index (κ2) is 3.93. The lowest BCUT2D eigenvalue weighted by atomic mass is 10.5. The molecule has 1 aromatic rings. The first-order valence-electron chi connectivity index (χ1n) is 3.46. The van der Waals surface area contributed by atoms with E-state index in [0.29, 0.717) is 5.82 Å². The van der Waals surface area contributed by atoms with Crippen molar-refractivity contribution in [3.8, 4) is 0 Å². The Morgan fingerprint density at radius 1 is 1.50 bits per heavy atom. The number of nitrogens with zero attached hydrogens (tertiary/aromatic N) is 2. The van der Waals surface area contributed by atoms with E-state index < -0.39 is 0 Å². The van der Waals surface area contributed by atoms with Gasteiger partial charge in [-0.25, -0.2) is 0 Å². The molecular formula is C7H15N3. The monoisotopic (exact) mass is 141 g/mol. The van der Waals surface area contributed by atoms with E-state index in [-0.39, 0.29) is 0 Å². The van der Waals surface area contributed by atoms with E-state index in [4.69, 9.17) is 5.73 Å². The Hall–Kier alpha value is -0.990. The maximum Gasteiger partial charge on any atom is 0.121 e. The summed E-state index contributed by atoms with van der Waals surface area (Å²) < 4.78 is 1.65. The first-order chi connectivity index (χ1) is 4.70. The van der Waals surface area contributed by atoms with Crippen LogP contribution in [0.15, 0.2) is 6.07 Å². The Morgan fingerprint density at radius 3 is 2.10 bits per heavy atom. The largest absolute Gasteiger partial charge is 0.384 e. The average molecular weight is 141 g/mol. The molecule has 0 saturated carbocycles. The normalized spacial score (nSPS) is 8.40. The van der Waals surface area contributed by atoms with E-state index in [1.807, 2.05) is 33.9 Å². The zero-order chi connectivity index (χ0) is 8.15. The third kappa shape index (κ3) is 2.09. The van der Waals surface area contributed by atoms with Crippen LogP contribution in [0.1, 0.15) is 19.5 Å². The summed E-state index contributed by atoms with van der Waals surface area (Å²) in [6.45, 7) is 5.91. The third-order valence-corrected chi connectivity index (χ3v) is 1.04. The van der Waals surface area contributed by atoms with E-state index >= 15 is 0 Å². The molecule has 0 aliphatic rings. The van der Waals surface area contributed by atoms with Crippen LogP contribution in [0, 0.1) is 6.92 Å². The highest BCUT2D eigenvalue weighted by atomic mass is 15.3. The van der Waals surface area contributed by atoms with Gasteiger partial charge in [-0.3, -0.25) is 4.68 Å². The predicted molar refractivity (Wildman–Crippen MR) is 43.7 cm³/mol. The van der Waals surface area contributed by atoms with Crippen molar-refractivity contribution in [3.63, 3.8) is 0 Å². The van der Waals surface area contributed by atoms with Crippen molar-refractivity contribution in [2.75, 3.05) is 5.73 Å². The SMILES string of the molecule is CC.Cc1cc(N)n(C)n1. The standard InChI is InChI=1S/C5H9N3.C2H6/c1-4-3-5(6)8(2)7-4;1-2/h3H,6H2,1-2H3;1-2H3. The van der Waals surface area contributed by atoms with Gasteiger partial charge in [0.1, 0.15) is 5.82 Å². The summed E-state index contributed by atoms with van der Waals surface area (Å²) in [7, 11) is 1.82. The van der Waals surface area contributed by atoms with Gasteiger partial charge in [-0.2, -0.15) is 5.10 Å². The van der Waals surface area contributed by atoms with Crippen molar-refractivity contribution in [2.24, 2.45) is 7.05 Å². The predicted octanol–water partition coefficient (Wildman–Crippen LogP) is 1.34. The summed E-state index contributed by atoms with van der Waals surface area (Å²) in [5.74, 6) is 0.711. The van der Waals surface area contributed by atoms with Gasteiger partial charge in [-0.1, -0.05) is 13.8 Å². The second-order valence-corrected chi connectivity index (χ2v) is 1.83. The molecule has 0 unspecified atom stereocenters. The van der Waals surface area contributed by atoms with Crippen molar-refractivity contribution >= 4 is 5.82 Å². The van der Waals surface area contributed by atoms with E-state index in [2.05, 4.69) is 5.10 Å². The molecular weight excluding hydrogens is 126 g/mol. The minimum Gasteiger partial charge on any atom is -0.384 e. The fraction of sp³-hybridized carbons (Fsp3) is 0.571. The van der Waals surface area contributed by atoms with E-state index in [9.17, 15) is 0 Å². The number of nitrogens with two attached hydrogens (primary N) is 1. The van der Waals surface area contributed by atoms with Gasteiger partial charge in [0.05, 0.1) is 5.69 Å². The topological polar surface area (TPSA) is 43.8 Å². The Balaban J connectivity index is 0.000000371. The molecule has 10 heavy (non-hydrogen) atoms. The van der Waals surface area contributed by atoms with Gasteiger partial charge in [0.25, 0.3) is 0 Å². The summed E-state index contributed by atoms with van der Waals surface area (Å²) >= 11 is 0. The van der Waals surface area contributed by atoms with Gasteiger partial charge in [0.2, 0.25) is 0 Å². The smallest absolute Gasteiger partial charge is 0.121 e. The molecule has 2 N–H and O–H groups in total. The van der Waals surface area contributed by atoms with Crippen LogP contribution in [0.3, 0.4) is 0 Å². The molecule has 0 aliphatic heterocycles. The number of anilines is 1. The molecule has 0 saturated heterocycles. The molecule has 0 aliphatic carbocycles. The van der Waals surface area contributed by atoms with Crippen LogP contribution in [-0.4, -0.2) is 9.78 Å². The first-order valence-corrected chi connectivity index (χ1v) is 3.46. The lowest BCUT2D eigenvalue weighted by molar-refractivity contribution is 0.767. The molecule has 0 atom stereocenters. The van der Waals surface area contributed by atoms with E-state index in [0.717, 1.165) is 5.69 Å². The quantitative estimate of drug-likeness (QED) is 0.592. The molecule has 0 aromatic carbocycles. The summed E-state index contributed by atoms with van der Waals surface area (Å²) in [6, 6.07) is 1.83. The van der Waals surface area contributed by atoms with Crippen molar-refractivity contribution < 1.29 is 0 Å². The first kappa shape index (κ1) is 9.01. The molecule has 0 spiro atoms. The highest BCUT2D eigenvalue weighted by Crippen LogP contribution is 2.00. The van der Waals surface area contributed by atoms with Crippen LogP contribution in [0.2, 0.25) is 0 Å². The zero-order valence-electron chi connectivity index (χ0n) is 7.05. The molecule has 0 bridgehead atoms. The molecule has 1 rings (SSSR count). The third-order valence-electron chi connectivity index (χ3n) is 1.04. The van der Waals surface area contributed by atoms with Gasteiger partial charge in [0.15, 0.2) is 0 Å². The van der Waals surface area contributed by atoms with Crippen molar-refractivity contribution in [1.82, 2.24) is 9.78 Å². The average Bonchev–Trinajstić information content (AvgIpc) is 2.16. The van der Waals surface area contributed by atoms with Crippen LogP contribution in [0.4, 0.5) is 5.82 Å². The number of aryl methyl sites for hydroxylation is 2. The van der Waals surface area contributed by atoms with Crippen molar-refractivity contribution in [3.05, 3.63) is 11.8 Å². The fourth-order valence-electron chi connectivity index (χ4n) is 0.631. The summed E-state index contributed by atoms with van der Waals surface area (Å²) in [5.41, 5.74) is 6.40. The maximum atomic E-state index is 5.44. The Bertz CT molecular complexity index is 171. The minimum atomic E-state index is 0.711. The van der Waals surface area contributed by atoms with Crippen LogP contribution in [0.25, 0.3) is 0 Å². The van der Waals surface area contributed by atoms with Crippen molar-refractivity contribution in [1.29, 1.82) is 0 Å². The number of hydrogen-bond donors (Lipinski definition) is 1. The Morgan fingerprint density at radius 2 is 2.00 bits per heavy atom. The highest BCUT2D eigenvalue weighted by Gasteiger charge is 1.92. The molecule has 1 heterocycles. The second-order valence-electron chi connectivity index (χ2n) is 1.83. The molecule has 0 amide bonds. The lowest BCUT2D eigenvalue weighted by Gasteiger charge is -1.87. The van der Waals surface area contributed by atoms with Crippen LogP contribution in [0.5, 0.6) is 0 Å². The molecule has 1 aromatic heterocycles. The number of rotatable bonds is 0.